The van der Waals surface area contributed by atoms with Crippen LogP contribution in [0.2, 0.25) is 0 Å². The maximum atomic E-state index is 12.5. The lowest BCUT2D eigenvalue weighted by molar-refractivity contribution is -0.143. The van der Waals surface area contributed by atoms with Gasteiger partial charge in [0.1, 0.15) is 0 Å². The van der Waals surface area contributed by atoms with Gasteiger partial charge in [0, 0.05) is 12.8 Å². The van der Waals surface area contributed by atoms with Gasteiger partial charge in [-0.25, -0.2) is 0 Å². The summed E-state index contributed by atoms with van der Waals surface area (Å²) in [5, 5.41) is 23.4. The third-order valence-electron chi connectivity index (χ3n) is 16.8. The molecule has 0 bridgehead atoms. The van der Waals surface area contributed by atoms with Gasteiger partial charge in [-0.1, -0.05) is 353 Å². The van der Waals surface area contributed by atoms with Gasteiger partial charge < -0.3 is 20.3 Å². The lowest BCUT2D eigenvalue weighted by Crippen LogP contribution is -2.45. The number of esters is 1. The smallest absolute Gasteiger partial charge is 0.305 e. The molecule has 0 aliphatic heterocycles. The van der Waals surface area contributed by atoms with E-state index in [2.05, 4.69) is 43.5 Å². The van der Waals surface area contributed by atoms with Crippen LogP contribution in [0.1, 0.15) is 399 Å². The molecule has 0 rings (SSSR count). The van der Waals surface area contributed by atoms with E-state index in [4.69, 9.17) is 4.74 Å². The molecule has 0 aromatic heterocycles. The molecule has 0 aliphatic rings. The zero-order valence-electron chi connectivity index (χ0n) is 52.9. The highest BCUT2D eigenvalue weighted by Crippen LogP contribution is 2.19. The van der Waals surface area contributed by atoms with Crippen molar-refractivity contribution in [1.82, 2.24) is 5.32 Å². The van der Waals surface area contributed by atoms with E-state index < -0.39 is 12.1 Å². The lowest BCUT2D eigenvalue weighted by atomic mass is 10.0. The number of aliphatic hydroxyl groups excluding tert-OH is 2. The minimum Gasteiger partial charge on any atom is -0.466 e. The number of hydrogen-bond donors (Lipinski definition) is 3. The van der Waals surface area contributed by atoms with E-state index in [-0.39, 0.29) is 18.5 Å². The number of rotatable bonds is 67. The Morgan fingerprint density at radius 3 is 0.974 bits per heavy atom. The molecule has 0 aromatic rings. The molecular weight excluding hydrogens is 959 g/mol. The van der Waals surface area contributed by atoms with Crippen molar-refractivity contribution < 1.29 is 24.5 Å². The molecule has 0 spiro atoms. The van der Waals surface area contributed by atoms with E-state index in [0.29, 0.717) is 25.9 Å². The number of carbonyl (C=O) groups is 2. The molecule has 0 saturated heterocycles. The summed E-state index contributed by atoms with van der Waals surface area (Å²) in [6.45, 7) is 4.99. The van der Waals surface area contributed by atoms with E-state index >= 15 is 0 Å². The number of unbranched alkanes of at least 4 members (excludes halogenated alkanes) is 52. The Morgan fingerprint density at radius 2 is 0.641 bits per heavy atom. The largest absolute Gasteiger partial charge is 0.466 e. The number of aliphatic hydroxyl groups is 2. The summed E-state index contributed by atoms with van der Waals surface area (Å²) < 4.78 is 5.49. The Morgan fingerprint density at radius 1 is 0.359 bits per heavy atom. The van der Waals surface area contributed by atoms with E-state index in [0.717, 1.165) is 44.9 Å². The van der Waals surface area contributed by atoms with Crippen molar-refractivity contribution in [1.29, 1.82) is 0 Å². The van der Waals surface area contributed by atoms with Gasteiger partial charge >= 0.3 is 5.97 Å². The standard InChI is InChI=1S/C72H139NO5/c1-3-5-7-9-11-13-15-17-19-20-34-37-40-44-48-52-56-60-64-70(75)69(68-74)73-71(76)65-61-57-53-49-45-41-38-35-32-30-28-26-24-22-21-23-25-27-29-31-33-36-39-43-47-51-55-59-63-67-78-72(77)66-62-58-54-50-46-42-18-16-14-12-10-8-6-4-2/h21,23,27,29,69-70,74-75H,3-20,22,24-26,28,30-68H2,1-2H3,(H,73,76)/b23-21-,29-27-. The van der Waals surface area contributed by atoms with Gasteiger partial charge in [-0.3, -0.25) is 9.59 Å². The minimum atomic E-state index is -0.665. The fourth-order valence-electron chi connectivity index (χ4n) is 11.3. The average Bonchev–Trinajstić information content (AvgIpc) is 3.44. The first-order valence-corrected chi connectivity index (χ1v) is 35.6. The Labute approximate surface area is 488 Å². The normalized spacial score (nSPS) is 12.6. The fraction of sp³-hybridized carbons (Fsp3) is 0.917. The molecule has 6 heteroatoms. The highest BCUT2D eigenvalue weighted by atomic mass is 16.5. The molecule has 0 saturated carbocycles. The van der Waals surface area contributed by atoms with Crippen LogP contribution in [0.3, 0.4) is 0 Å². The Hall–Kier alpha value is -1.66. The molecular formula is C72H139NO5. The van der Waals surface area contributed by atoms with Crippen molar-refractivity contribution in [3.05, 3.63) is 24.3 Å². The summed E-state index contributed by atoms with van der Waals surface area (Å²) in [5.74, 6) is -0.0171. The number of nitrogens with one attached hydrogen (secondary N) is 1. The van der Waals surface area contributed by atoms with Crippen LogP contribution in [0.25, 0.3) is 0 Å². The van der Waals surface area contributed by atoms with Crippen LogP contribution in [-0.2, 0) is 14.3 Å². The van der Waals surface area contributed by atoms with Crippen molar-refractivity contribution >= 4 is 11.9 Å². The molecule has 462 valence electrons. The van der Waals surface area contributed by atoms with E-state index in [9.17, 15) is 19.8 Å². The monoisotopic (exact) mass is 1100 g/mol. The molecule has 1 amide bonds. The number of ether oxygens (including phenoxy) is 1. The average molecular weight is 1100 g/mol. The summed E-state index contributed by atoms with van der Waals surface area (Å²) in [5.41, 5.74) is 0. The van der Waals surface area contributed by atoms with Crippen LogP contribution in [0.15, 0.2) is 24.3 Å². The third-order valence-corrected chi connectivity index (χ3v) is 16.8. The maximum absolute atomic E-state index is 12.5. The molecule has 0 aliphatic carbocycles. The molecule has 2 atom stereocenters. The van der Waals surface area contributed by atoms with E-state index in [1.165, 1.54) is 321 Å². The summed E-state index contributed by atoms with van der Waals surface area (Å²) >= 11 is 0. The topological polar surface area (TPSA) is 95.9 Å². The van der Waals surface area contributed by atoms with Gasteiger partial charge in [0.05, 0.1) is 25.4 Å². The fourth-order valence-corrected chi connectivity index (χ4v) is 11.3. The Balaban J connectivity index is 3.39. The molecule has 2 unspecified atom stereocenters. The summed E-state index contributed by atoms with van der Waals surface area (Å²) in [6.07, 6.45) is 85.1. The molecule has 78 heavy (non-hydrogen) atoms. The summed E-state index contributed by atoms with van der Waals surface area (Å²) in [4.78, 5) is 24.6. The first kappa shape index (κ1) is 76.3. The van der Waals surface area contributed by atoms with Crippen LogP contribution in [-0.4, -0.2) is 47.4 Å². The van der Waals surface area contributed by atoms with Crippen LogP contribution >= 0.6 is 0 Å². The van der Waals surface area contributed by atoms with Crippen LogP contribution < -0.4 is 5.32 Å². The van der Waals surface area contributed by atoms with Crippen molar-refractivity contribution in [2.45, 2.75) is 411 Å². The van der Waals surface area contributed by atoms with Crippen LogP contribution in [0.5, 0.6) is 0 Å². The predicted molar refractivity (Wildman–Crippen MR) is 343 cm³/mol. The van der Waals surface area contributed by atoms with Crippen molar-refractivity contribution in [3.8, 4) is 0 Å². The van der Waals surface area contributed by atoms with Gasteiger partial charge in [-0.15, -0.1) is 0 Å². The highest BCUT2D eigenvalue weighted by molar-refractivity contribution is 5.76. The Bertz CT molecular complexity index is 1220. The molecule has 0 radical (unpaired) electrons. The second-order valence-electron chi connectivity index (χ2n) is 24.6. The minimum absolute atomic E-state index is 0.0150. The molecule has 6 nitrogen and oxygen atoms in total. The van der Waals surface area contributed by atoms with E-state index in [1.54, 1.807) is 0 Å². The van der Waals surface area contributed by atoms with Gasteiger partial charge in [-0.05, 0) is 57.8 Å². The maximum Gasteiger partial charge on any atom is 0.305 e. The van der Waals surface area contributed by atoms with Gasteiger partial charge in [0.15, 0.2) is 0 Å². The van der Waals surface area contributed by atoms with Gasteiger partial charge in [0.25, 0.3) is 0 Å². The van der Waals surface area contributed by atoms with Crippen molar-refractivity contribution in [3.63, 3.8) is 0 Å². The lowest BCUT2D eigenvalue weighted by Gasteiger charge is -2.22. The number of carbonyl (C=O) groups excluding carboxylic acids is 2. The molecule has 0 aromatic carbocycles. The predicted octanol–water partition coefficient (Wildman–Crippen LogP) is 22.9. The quantitative estimate of drug-likeness (QED) is 0.0320. The van der Waals surface area contributed by atoms with Gasteiger partial charge in [-0.2, -0.15) is 0 Å². The van der Waals surface area contributed by atoms with E-state index in [1.807, 2.05) is 0 Å². The molecule has 0 fully saturated rings. The second-order valence-corrected chi connectivity index (χ2v) is 24.6. The zero-order valence-corrected chi connectivity index (χ0v) is 52.9. The number of amides is 1. The number of allylic oxidation sites excluding steroid dienone is 4. The highest BCUT2D eigenvalue weighted by Gasteiger charge is 2.20. The molecule has 3 N–H and O–H groups in total. The summed E-state index contributed by atoms with van der Waals surface area (Å²) in [7, 11) is 0. The van der Waals surface area contributed by atoms with Gasteiger partial charge in [0.2, 0.25) is 5.91 Å². The SMILES string of the molecule is CCCCCCCCCCCCCCCCCCCCC(O)C(CO)NC(=O)CCCCCCCCCCCCCCC/C=C\C/C=C\CCCCCCCCCCCOC(=O)CCCCCCCCCCCCCCCC. The molecule has 0 heterocycles. The second kappa shape index (κ2) is 67.8. The number of hydrogen-bond acceptors (Lipinski definition) is 5. The van der Waals surface area contributed by atoms with Crippen molar-refractivity contribution in [2.75, 3.05) is 13.2 Å². The zero-order chi connectivity index (χ0) is 56.4. The van der Waals surface area contributed by atoms with Crippen molar-refractivity contribution in [2.24, 2.45) is 0 Å². The van der Waals surface area contributed by atoms with Crippen LogP contribution in [0, 0.1) is 0 Å². The third kappa shape index (κ3) is 63.5. The summed E-state index contributed by atoms with van der Waals surface area (Å²) in [6, 6.07) is -0.543. The first-order chi connectivity index (χ1) is 38.5. The van der Waals surface area contributed by atoms with Crippen LogP contribution in [0.4, 0.5) is 0 Å². The Kier molecular flexibility index (Phi) is 66.4. The first-order valence-electron chi connectivity index (χ1n) is 35.6.